The van der Waals surface area contributed by atoms with Gasteiger partial charge < -0.3 is 14.7 Å². The van der Waals surface area contributed by atoms with Crippen molar-refractivity contribution in [3.05, 3.63) is 110 Å². The van der Waals surface area contributed by atoms with Gasteiger partial charge in [0, 0.05) is 71.2 Å². The van der Waals surface area contributed by atoms with Crippen LogP contribution in [0, 0.1) is 24.6 Å². The summed E-state index contributed by atoms with van der Waals surface area (Å²) in [4.78, 5) is 28.8. The predicted octanol–water partition coefficient (Wildman–Crippen LogP) is 6.61. The van der Waals surface area contributed by atoms with Crippen LogP contribution in [0.3, 0.4) is 0 Å². The third kappa shape index (κ3) is 5.65. The summed E-state index contributed by atoms with van der Waals surface area (Å²) in [6.45, 7) is 0.955. The van der Waals surface area contributed by atoms with Crippen LogP contribution in [-0.2, 0) is 0 Å². The molecule has 0 bridgehead atoms. The highest BCUT2D eigenvalue weighted by atomic mass is 35.5. The molecule has 2 atom stereocenters. The first-order valence-electron chi connectivity index (χ1n) is 14.6. The summed E-state index contributed by atoms with van der Waals surface area (Å²) in [5.41, 5.74) is 4.20. The number of hydrogen-bond donors (Lipinski definition) is 0. The summed E-state index contributed by atoms with van der Waals surface area (Å²) in [7, 11) is 0. The number of nitrogens with zero attached hydrogens (tertiary/aromatic N) is 7. The van der Waals surface area contributed by atoms with E-state index in [9.17, 15) is 18.0 Å². The SMILES string of the molecule is Cc1ccc(C#CCN2CCN([C@H]3CC4=C(c5ccn(C(F)F)n5)[C@H](c5ccc(F)cc5Cl)N=C(c5nccs5)N4C3)C2=O)cc1. The van der Waals surface area contributed by atoms with Gasteiger partial charge in [-0.1, -0.05) is 47.2 Å². The molecule has 2 fully saturated rings. The first kappa shape index (κ1) is 30.1. The maximum Gasteiger partial charge on any atom is 0.333 e. The highest BCUT2D eigenvalue weighted by molar-refractivity contribution is 7.11. The van der Waals surface area contributed by atoms with Crippen molar-refractivity contribution in [2.24, 2.45) is 4.99 Å². The van der Waals surface area contributed by atoms with Crippen LogP contribution in [0.2, 0.25) is 5.02 Å². The van der Waals surface area contributed by atoms with E-state index in [0.717, 1.165) is 16.8 Å². The summed E-state index contributed by atoms with van der Waals surface area (Å²) >= 11 is 7.98. The lowest BCUT2D eigenvalue weighted by Gasteiger charge is -2.32. The third-order valence-electron chi connectivity index (χ3n) is 8.33. The zero-order valence-electron chi connectivity index (χ0n) is 24.6. The molecule has 0 unspecified atom stereocenters. The maximum atomic E-state index is 14.1. The third-order valence-corrected chi connectivity index (χ3v) is 9.42. The predicted molar refractivity (Wildman–Crippen MR) is 170 cm³/mol. The standard InChI is InChI=1S/C33H27ClF3N7OS/c1-20-4-6-21(7-5-20)3-2-12-41-14-15-42(33(41)45)23-18-27-28(26-10-13-44(40-26)32(36)37)29(24-9-8-22(35)17-25(24)34)39-30(43(27)19-23)31-38-11-16-46-31/h4-11,13,16-17,23,29,32H,12,14-15,18-19H2,1H3/t23-,29-/m0/s1. The number of rotatable bonds is 6. The zero-order chi connectivity index (χ0) is 31.9. The molecule has 3 aliphatic heterocycles. The van der Waals surface area contributed by atoms with E-state index in [1.54, 1.807) is 17.2 Å². The van der Waals surface area contributed by atoms with Crippen LogP contribution in [-0.4, -0.2) is 73.6 Å². The van der Waals surface area contributed by atoms with Crippen molar-refractivity contribution in [2.45, 2.75) is 32.0 Å². The number of alkyl halides is 2. The molecule has 8 nitrogen and oxygen atoms in total. The van der Waals surface area contributed by atoms with Gasteiger partial charge >= 0.3 is 12.6 Å². The van der Waals surface area contributed by atoms with Crippen LogP contribution in [0.4, 0.5) is 18.0 Å². The fourth-order valence-corrected chi connectivity index (χ4v) is 7.01. The van der Waals surface area contributed by atoms with Gasteiger partial charge in [-0.15, -0.1) is 11.3 Å². The van der Waals surface area contributed by atoms with E-state index in [4.69, 9.17) is 16.6 Å². The molecule has 7 rings (SSSR count). The largest absolute Gasteiger partial charge is 0.333 e. The molecule has 2 amide bonds. The molecule has 2 aromatic heterocycles. The summed E-state index contributed by atoms with van der Waals surface area (Å²) in [5.74, 6) is 6.32. The first-order valence-corrected chi connectivity index (χ1v) is 15.9. The number of thiazole rings is 1. The molecule has 0 spiro atoms. The Labute approximate surface area is 272 Å². The van der Waals surface area contributed by atoms with Crippen LogP contribution in [0.1, 0.15) is 46.4 Å². The van der Waals surface area contributed by atoms with Crippen molar-refractivity contribution in [3.8, 4) is 11.8 Å². The fourth-order valence-electron chi connectivity index (χ4n) is 6.10. The van der Waals surface area contributed by atoms with Crippen molar-refractivity contribution < 1.29 is 18.0 Å². The topological polar surface area (TPSA) is 69.9 Å². The number of fused-ring (bicyclic) bond motifs is 1. The second-order valence-corrected chi connectivity index (χ2v) is 12.5. The molecule has 5 heterocycles. The number of hydrogen-bond acceptors (Lipinski definition) is 6. The van der Waals surface area contributed by atoms with Crippen LogP contribution in [0.25, 0.3) is 5.57 Å². The van der Waals surface area contributed by atoms with E-state index < -0.39 is 18.4 Å². The van der Waals surface area contributed by atoms with Gasteiger partial charge in [0.25, 0.3) is 0 Å². The summed E-state index contributed by atoms with van der Waals surface area (Å²) in [5, 5.41) is 6.84. The van der Waals surface area contributed by atoms with E-state index in [1.165, 1.54) is 35.7 Å². The van der Waals surface area contributed by atoms with Gasteiger partial charge in [-0.2, -0.15) is 13.9 Å². The molecule has 2 saturated heterocycles. The van der Waals surface area contributed by atoms with Gasteiger partial charge in [-0.25, -0.2) is 18.9 Å². The van der Waals surface area contributed by atoms with Crippen LogP contribution in [0.5, 0.6) is 0 Å². The number of carbonyl (C=O) groups is 1. The Hall–Kier alpha value is -4.60. The molecule has 0 radical (unpaired) electrons. The molecule has 13 heteroatoms. The van der Waals surface area contributed by atoms with Crippen LogP contribution >= 0.6 is 22.9 Å². The van der Waals surface area contributed by atoms with Crippen molar-refractivity contribution in [1.29, 1.82) is 0 Å². The minimum atomic E-state index is -2.83. The lowest BCUT2D eigenvalue weighted by Crippen LogP contribution is -2.42. The van der Waals surface area contributed by atoms with E-state index >= 15 is 0 Å². The minimum Gasteiger partial charge on any atom is -0.325 e. The van der Waals surface area contributed by atoms with Gasteiger partial charge in [0.2, 0.25) is 0 Å². The highest BCUT2D eigenvalue weighted by Crippen LogP contribution is 2.47. The number of aliphatic imine (C=N–C) groups is 1. The van der Waals surface area contributed by atoms with E-state index in [2.05, 4.69) is 21.9 Å². The summed E-state index contributed by atoms with van der Waals surface area (Å²) in [6.07, 6.45) is 3.32. The first-order chi connectivity index (χ1) is 22.3. The molecule has 0 N–H and O–H groups in total. The van der Waals surface area contributed by atoms with E-state index in [0.29, 0.717) is 65.0 Å². The fraction of sp³-hybridized carbons (Fsp3) is 0.273. The Morgan fingerprint density at radius 3 is 2.67 bits per heavy atom. The van der Waals surface area contributed by atoms with Gasteiger partial charge in [0.05, 0.1) is 18.3 Å². The second kappa shape index (κ2) is 12.3. The highest BCUT2D eigenvalue weighted by Gasteiger charge is 2.45. The number of aryl methyl sites for hydroxylation is 1. The maximum absolute atomic E-state index is 14.1. The number of urea groups is 1. The molecule has 2 aromatic carbocycles. The smallest absolute Gasteiger partial charge is 0.325 e. The van der Waals surface area contributed by atoms with Gasteiger partial charge in [-0.05, 0) is 37.3 Å². The number of aromatic nitrogens is 3. The van der Waals surface area contributed by atoms with E-state index in [-0.39, 0.29) is 17.1 Å². The van der Waals surface area contributed by atoms with Crippen molar-refractivity contribution in [1.82, 2.24) is 29.5 Å². The quantitative estimate of drug-likeness (QED) is 0.218. The monoisotopic (exact) mass is 661 g/mol. The Bertz CT molecular complexity index is 1910. The summed E-state index contributed by atoms with van der Waals surface area (Å²) < 4.78 is 42.0. The molecule has 0 aliphatic carbocycles. The molecule has 46 heavy (non-hydrogen) atoms. The van der Waals surface area contributed by atoms with E-state index in [1.807, 2.05) is 46.4 Å². The number of benzene rings is 2. The molecule has 234 valence electrons. The number of halogens is 4. The molecule has 3 aliphatic rings. The normalized spacial score (nSPS) is 19.6. The Balaban J connectivity index is 1.24. The van der Waals surface area contributed by atoms with Gasteiger partial charge in [-0.3, -0.25) is 4.99 Å². The van der Waals surface area contributed by atoms with Crippen molar-refractivity contribution >= 4 is 40.4 Å². The average molecular weight is 662 g/mol. The Morgan fingerprint density at radius 1 is 1.13 bits per heavy atom. The van der Waals surface area contributed by atoms with Gasteiger partial charge in [0.1, 0.15) is 11.9 Å². The van der Waals surface area contributed by atoms with Crippen molar-refractivity contribution in [2.75, 3.05) is 26.2 Å². The van der Waals surface area contributed by atoms with Crippen molar-refractivity contribution in [3.63, 3.8) is 0 Å². The lowest BCUT2D eigenvalue weighted by atomic mass is 9.92. The lowest BCUT2D eigenvalue weighted by molar-refractivity contribution is 0.0564. The zero-order valence-corrected chi connectivity index (χ0v) is 26.1. The molecule has 0 saturated carbocycles. The Kier molecular flexibility index (Phi) is 8.04. The summed E-state index contributed by atoms with van der Waals surface area (Å²) in [6, 6.07) is 12.4. The second-order valence-electron chi connectivity index (χ2n) is 11.2. The number of amidine groups is 1. The molecular formula is C33H27ClF3N7OS. The number of amides is 2. The Morgan fingerprint density at radius 2 is 1.96 bits per heavy atom. The molecular weight excluding hydrogens is 635 g/mol. The number of carbonyl (C=O) groups excluding carboxylic acids is 1. The van der Waals surface area contributed by atoms with Crippen LogP contribution < -0.4 is 0 Å². The molecule has 4 aromatic rings. The van der Waals surface area contributed by atoms with Crippen LogP contribution in [0.15, 0.2) is 77.0 Å². The average Bonchev–Trinajstić information content (AvgIpc) is 3.85. The van der Waals surface area contributed by atoms with Gasteiger partial charge in [0.15, 0.2) is 10.8 Å². The minimum absolute atomic E-state index is 0.113.